The fourth-order valence-electron chi connectivity index (χ4n) is 9.74. The van der Waals surface area contributed by atoms with E-state index in [1.807, 2.05) is 0 Å². The zero-order valence-corrected chi connectivity index (χ0v) is 35.7. The molecule has 0 saturated carbocycles. The predicted octanol–water partition coefficient (Wildman–Crippen LogP) is 17.4. The van der Waals surface area contributed by atoms with Crippen LogP contribution in [0.1, 0.15) is 0 Å². The maximum Gasteiger partial charge on any atom is 0.0542 e. The van der Waals surface area contributed by atoms with Gasteiger partial charge in [-0.1, -0.05) is 176 Å². The first-order valence-electron chi connectivity index (χ1n) is 22.3. The highest BCUT2D eigenvalue weighted by molar-refractivity contribution is 6.11. The summed E-state index contributed by atoms with van der Waals surface area (Å²) in [5, 5.41) is 7.25. The van der Waals surface area contributed by atoms with Crippen LogP contribution in [-0.4, -0.2) is 4.57 Å². The summed E-state index contributed by atoms with van der Waals surface area (Å²) < 4.78 is 2.37. The molecular formula is C62H43N3. The molecule has 1 heterocycles. The first-order chi connectivity index (χ1) is 32.3. The molecule has 0 N–H and O–H groups in total. The zero-order valence-electron chi connectivity index (χ0n) is 35.7. The Hall–Kier alpha value is -8.66. The van der Waals surface area contributed by atoms with Gasteiger partial charge in [0.05, 0.1) is 22.4 Å². The van der Waals surface area contributed by atoms with Crippen LogP contribution < -0.4 is 9.80 Å². The van der Waals surface area contributed by atoms with Crippen molar-refractivity contribution >= 4 is 77.5 Å². The zero-order chi connectivity index (χ0) is 43.1. The van der Waals surface area contributed by atoms with Crippen molar-refractivity contribution in [2.75, 3.05) is 9.80 Å². The Morgan fingerprint density at radius 1 is 0.262 bits per heavy atom. The molecule has 0 fully saturated rings. The van der Waals surface area contributed by atoms with Crippen molar-refractivity contribution in [1.82, 2.24) is 4.57 Å². The number of anilines is 6. The van der Waals surface area contributed by atoms with Gasteiger partial charge in [0.2, 0.25) is 0 Å². The Morgan fingerprint density at radius 2 is 0.769 bits per heavy atom. The first kappa shape index (κ1) is 38.0. The highest BCUT2D eigenvalue weighted by Crippen LogP contribution is 2.45. The SMILES string of the molecule is c1ccc(-c2ccc(N(c3ccc(-c4ccc(N(c5ccccc5)c5cccc6ccccc56)c5ccccc45)cc3)c3ccc4c(c3)c3ccccc3n4-c3ccccc3)cc2)cc1. The van der Waals surface area contributed by atoms with Crippen LogP contribution in [0.5, 0.6) is 0 Å². The quantitative estimate of drug-likeness (QED) is 0.144. The molecule has 0 amide bonds. The van der Waals surface area contributed by atoms with Crippen molar-refractivity contribution in [2.45, 2.75) is 0 Å². The standard InChI is InChI=1S/C62H43N3/c1-4-17-44(18-5-1)45-31-35-50(36-32-45)63(52-39-41-62-58(43-52)57-28-14-15-29-60(57)65(62)49-23-8-3-9-24-49)51-37-33-47(34-38-51)53-40-42-61(56-27-13-12-26-55(53)56)64(48-21-6-2-7-22-48)59-30-16-20-46-19-10-11-25-54(46)59/h1-43H. The van der Waals surface area contributed by atoms with E-state index in [1.165, 1.54) is 60.0 Å². The Balaban J connectivity index is 0.982. The van der Waals surface area contributed by atoms with Gasteiger partial charge in [0, 0.05) is 50.0 Å². The predicted molar refractivity (Wildman–Crippen MR) is 276 cm³/mol. The van der Waals surface area contributed by atoms with Gasteiger partial charge in [-0.2, -0.15) is 0 Å². The third kappa shape index (κ3) is 6.78. The van der Waals surface area contributed by atoms with Gasteiger partial charge in [-0.3, -0.25) is 0 Å². The topological polar surface area (TPSA) is 11.4 Å². The third-order valence-corrected chi connectivity index (χ3v) is 12.8. The third-order valence-electron chi connectivity index (χ3n) is 12.8. The van der Waals surface area contributed by atoms with Crippen LogP contribution in [-0.2, 0) is 0 Å². The van der Waals surface area contributed by atoms with Gasteiger partial charge in [0.1, 0.15) is 0 Å². The van der Waals surface area contributed by atoms with Crippen molar-refractivity contribution in [1.29, 1.82) is 0 Å². The van der Waals surface area contributed by atoms with Crippen LogP contribution >= 0.6 is 0 Å². The lowest BCUT2D eigenvalue weighted by Crippen LogP contribution is -2.11. The second kappa shape index (κ2) is 16.2. The number of benzene rings is 11. The fourth-order valence-corrected chi connectivity index (χ4v) is 9.74. The number of rotatable bonds is 9. The summed E-state index contributed by atoms with van der Waals surface area (Å²) in [5.74, 6) is 0. The number of nitrogens with zero attached hydrogens (tertiary/aromatic N) is 3. The number of fused-ring (bicyclic) bond motifs is 5. The van der Waals surface area contributed by atoms with E-state index in [9.17, 15) is 0 Å². The Morgan fingerprint density at radius 3 is 1.51 bits per heavy atom. The molecule has 0 aliphatic rings. The van der Waals surface area contributed by atoms with E-state index < -0.39 is 0 Å². The van der Waals surface area contributed by atoms with Crippen LogP contribution in [0.4, 0.5) is 34.1 Å². The molecule has 12 aromatic rings. The molecule has 0 atom stereocenters. The number of aromatic nitrogens is 1. The molecule has 0 unspecified atom stereocenters. The minimum absolute atomic E-state index is 1.08. The summed E-state index contributed by atoms with van der Waals surface area (Å²) in [7, 11) is 0. The average molecular weight is 830 g/mol. The molecule has 3 nitrogen and oxygen atoms in total. The van der Waals surface area contributed by atoms with Gasteiger partial charge in [0.25, 0.3) is 0 Å². The molecule has 12 rings (SSSR count). The molecule has 65 heavy (non-hydrogen) atoms. The van der Waals surface area contributed by atoms with E-state index in [0.717, 1.165) is 45.4 Å². The van der Waals surface area contributed by atoms with Crippen molar-refractivity contribution in [3.8, 4) is 27.9 Å². The molecular weight excluding hydrogens is 787 g/mol. The molecule has 0 bridgehead atoms. The summed E-state index contributed by atoms with van der Waals surface area (Å²) >= 11 is 0. The molecule has 306 valence electrons. The summed E-state index contributed by atoms with van der Waals surface area (Å²) in [6.45, 7) is 0. The van der Waals surface area contributed by atoms with Gasteiger partial charge < -0.3 is 14.4 Å². The van der Waals surface area contributed by atoms with Gasteiger partial charge in [-0.05, 0) is 118 Å². The second-order valence-electron chi connectivity index (χ2n) is 16.5. The molecule has 1 aromatic heterocycles. The summed E-state index contributed by atoms with van der Waals surface area (Å²) in [4.78, 5) is 4.79. The van der Waals surface area contributed by atoms with Crippen LogP contribution in [0.2, 0.25) is 0 Å². The van der Waals surface area contributed by atoms with Crippen LogP contribution in [0.15, 0.2) is 261 Å². The van der Waals surface area contributed by atoms with E-state index in [4.69, 9.17) is 0 Å². The van der Waals surface area contributed by atoms with E-state index in [2.05, 4.69) is 275 Å². The highest BCUT2D eigenvalue weighted by atomic mass is 15.1. The lowest BCUT2D eigenvalue weighted by atomic mass is 9.95. The summed E-state index contributed by atoms with van der Waals surface area (Å²) in [6.07, 6.45) is 0. The minimum atomic E-state index is 1.08. The number of para-hydroxylation sites is 3. The van der Waals surface area contributed by atoms with Crippen molar-refractivity contribution < 1.29 is 0 Å². The second-order valence-corrected chi connectivity index (χ2v) is 16.5. The van der Waals surface area contributed by atoms with Crippen LogP contribution in [0, 0.1) is 0 Å². The van der Waals surface area contributed by atoms with E-state index in [-0.39, 0.29) is 0 Å². The number of hydrogen-bond acceptors (Lipinski definition) is 2. The lowest BCUT2D eigenvalue weighted by molar-refractivity contribution is 1.18. The average Bonchev–Trinajstić information content (AvgIpc) is 3.72. The molecule has 0 aliphatic carbocycles. The maximum atomic E-state index is 2.41. The van der Waals surface area contributed by atoms with Gasteiger partial charge in [0.15, 0.2) is 0 Å². The van der Waals surface area contributed by atoms with E-state index in [1.54, 1.807) is 0 Å². The van der Waals surface area contributed by atoms with E-state index >= 15 is 0 Å². The molecule has 0 spiro atoms. The van der Waals surface area contributed by atoms with Crippen molar-refractivity contribution in [2.24, 2.45) is 0 Å². The normalized spacial score (nSPS) is 11.4. The highest BCUT2D eigenvalue weighted by Gasteiger charge is 2.21. The Labute approximate surface area is 378 Å². The minimum Gasteiger partial charge on any atom is -0.310 e. The van der Waals surface area contributed by atoms with Gasteiger partial charge >= 0.3 is 0 Å². The maximum absolute atomic E-state index is 2.41. The monoisotopic (exact) mass is 829 g/mol. The smallest absolute Gasteiger partial charge is 0.0542 e. The van der Waals surface area contributed by atoms with Crippen LogP contribution in [0.3, 0.4) is 0 Å². The van der Waals surface area contributed by atoms with Crippen molar-refractivity contribution in [3.63, 3.8) is 0 Å². The lowest BCUT2D eigenvalue weighted by Gasteiger charge is -2.29. The molecule has 11 aromatic carbocycles. The molecule has 0 aliphatic heterocycles. The number of hydrogen-bond donors (Lipinski definition) is 0. The largest absolute Gasteiger partial charge is 0.310 e. The van der Waals surface area contributed by atoms with E-state index in [0.29, 0.717) is 0 Å². The van der Waals surface area contributed by atoms with Gasteiger partial charge in [-0.25, -0.2) is 0 Å². The summed E-state index contributed by atoms with van der Waals surface area (Å²) in [6, 6.07) is 94.3. The molecule has 0 radical (unpaired) electrons. The molecule has 3 heteroatoms. The first-order valence-corrected chi connectivity index (χ1v) is 22.3. The molecule has 0 saturated heterocycles. The fraction of sp³-hybridized carbons (Fsp3) is 0. The summed E-state index contributed by atoms with van der Waals surface area (Å²) in [5.41, 5.74) is 14.9. The van der Waals surface area contributed by atoms with Crippen LogP contribution in [0.25, 0.3) is 71.3 Å². The van der Waals surface area contributed by atoms with Crippen molar-refractivity contribution in [3.05, 3.63) is 261 Å². The Kier molecular flexibility index (Phi) is 9.50. The Bertz CT molecular complexity index is 3630. The van der Waals surface area contributed by atoms with Gasteiger partial charge in [-0.15, -0.1) is 0 Å².